The molecule has 0 atom stereocenters. The first kappa shape index (κ1) is 18.7. The summed E-state index contributed by atoms with van der Waals surface area (Å²) in [6, 6.07) is 5.00. The predicted octanol–water partition coefficient (Wildman–Crippen LogP) is 3.41. The molecule has 0 aliphatic carbocycles. The number of aromatic nitrogens is 3. The lowest BCUT2D eigenvalue weighted by molar-refractivity contribution is 0.0690. The van der Waals surface area contributed by atoms with Crippen LogP contribution in [0.2, 0.25) is 5.15 Å². The molecule has 3 aromatic rings. The minimum absolute atomic E-state index is 0.0579. The van der Waals surface area contributed by atoms with Crippen molar-refractivity contribution >= 4 is 23.4 Å². The largest absolute Gasteiger partial charge is 0.496 e. The van der Waals surface area contributed by atoms with Gasteiger partial charge in [0.15, 0.2) is 16.7 Å². The van der Waals surface area contributed by atoms with E-state index in [-0.39, 0.29) is 29.6 Å². The zero-order valence-electron chi connectivity index (χ0n) is 14.6. The van der Waals surface area contributed by atoms with E-state index in [2.05, 4.69) is 15.0 Å². The Balaban J connectivity index is 1.85. The zero-order valence-corrected chi connectivity index (χ0v) is 15.3. The lowest BCUT2D eigenvalue weighted by Gasteiger charge is -2.08. The molecule has 0 radical (unpaired) electrons. The lowest BCUT2D eigenvalue weighted by Crippen LogP contribution is -2.07. The number of benzene rings is 1. The maximum atomic E-state index is 12.5. The van der Waals surface area contributed by atoms with Crippen LogP contribution in [0.4, 0.5) is 0 Å². The smallest absolute Gasteiger partial charge is 0.357 e. The molecule has 2 N–H and O–H groups in total. The molecule has 2 aromatic heterocycles. The van der Waals surface area contributed by atoms with E-state index in [0.717, 1.165) is 6.26 Å². The second-order valence-corrected chi connectivity index (χ2v) is 6.04. The molecule has 0 saturated heterocycles. The maximum absolute atomic E-state index is 12.5. The number of ether oxygens (including phenoxy) is 1. The molecule has 0 unspecified atom stereocenters. The van der Waals surface area contributed by atoms with E-state index in [4.69, 9.17) is 25.9 Å². The number of aromatic carboxylic acids is 1. The molecule has 8 nitrogen and oxygen atoms in total. The number of halogens is 1. The number of nitrogens with one attached hydrogen (secondary N) is 1. The standard InChI is InChI=1S/C18H16ClN3O5/c1-3-11-15(19)22-16(20-11)13(23)6-9-4-5-10(7-14(9)26-2)17-21-12(8-27-17)18(24)25/h4-5,7-8H,3,6H2,1-2H3,(H,20,22)(H,24,25). The Morgan fingerprint density at radius 3 is 2.70 bits per heavy atom. The summed E-state index contributed by atoms with van der Waals surface area (Å²) in [5.41, 5.74) is 1.69. The van der Waals surface area contributed by atoms with Crippen molar-refractivity contribution in [2.75, 3.05) is 7.11 Å². The third kappa shape index (κ3) is 3.85. The Morgan fingerprint density at radius 2 is 2.11 bits per heavy atom. The number of aryl methyl sites for hydroxylation is 1. The van der Waals surface area contributed by atoms with Crippen molar-refractivity contribution in [3.05, 3.63) is 52.4 Å². The number of oxazole rings is 1. The molecule has 0 aliphatic rings. The molecular weight excluding hydrogens is 374 g/mol. The van der Waals surface area contributed by atoms with Gasteiger partial charge in [0, 0.05) is 17.5 Å². The van der Waals surface area contributed by atoms with Crippen molar-refractivity contribution in [3.63, 3.8) is 0 Å². The van der Waals surface area contributed by atoms with Crippen LogP contribution in [-0.4, -0.2) is 38.9 Å². The van der Waals surface area contributed by atoms with Gasteiger partial charge in [-0.25, -0.2) is 14.8 Å². The lowest BCUT2D eigenvalue weighted by atomic mass is 10.0. The maximum Gasteiger partial charge on any atom is 0.357 e. The molecule has 0 aliphatic heterocycles. The van der Waals surface area contributed by atoms with Gasteiger partial charge < -0.3 is 19.2 Å². The Morgan fingerprint density at radius 1 is 1.33 bits per heavy atom. The van der Waals surface area contributed by atoms with Crippen LogP contribution in [0.1, 0.15) is 39.3 Å². The van der Waals surface area contributed by atoms with Gasteiger partial charge in [-0.2, -0.15) is 0 Å². The molecule has 0 amide bonds. The molecule has 1 aromatic carbocycles. The normalized spacial score (nSPS) is 10.8. The number of hydrogen-bond donors (Lipinski definition) is 2. The summed E-state index contributed by atoms with van der Waals surface area (Å²) in [4.78, 5) is 34.3. The SMILES string of the molecule is CCc1[nH]c(C(=O)Cc2ccc(-c3nc(C(=O)O)co3)cc2OC)nc1Cl. The van der Waals surface area contributed by atoms with Crippen molar-refractivity contribution in [1.82, 2.24) is 15.0 Å². The van der Waals surface area contributed by atoms with E-state index in [1.54, 1.807) is 18.2 Å². The topological polar surface area (TPSA) is 118 Å². The first-order chi connectivity index (χ1) is 12.9. The number of hydrogen-bond acceptors (Lipinski definition) is 6. The number of carbonyl (C=O) groups excluding carboxylic acids is 1. The van der Waals surface area contributed by atoms with Gasteiger partial charge in [-0.1, -0.05) is 24.6 Å². The monoisotopic (exact) mass is 389 g/mol. The van der Waals surface area contributed by atoms with Crippen LogP contribution in [0.25, 0.3) is 11.5 Å². The minimum Gasteiger partial charge on any atom is -0.496 e. The second kappa shape index (κ2) is 7.63. The highest BCUT2D eigenvalue weighted by molar-refractivity contribution is 6.30. The average Bonchev–Trinajstić information content (AvgIpc) is 3.29. The quantitative estimate of drug-likeness (QED) is 0.594. The highest BCUT2D eigenvalue weighted by Crippen LogP contribution is 2.28. The highest BCUT2D eigenvalue weighted by atomic mass is 35.5. The van der Waals surface area contributed by atoms with Gasteiger partial charge >= 0.3 is 5.97 Å². The van der Waals surface area contributed by atoms with Crippen LogP contribution in [-0.2, 0) is 12.8 Å². The molecular formula is C18H16ClN3O5. The Labute approximate surface area is 159 Å². The Hall–Kier alpha value is -3.13. The number of ketones is 1. The van der Waals surface area contributed by atoms with Gasteiger partial charge in [0.25, 0.3) is 0 Å². The summed E-state index contributed by atoms with van der Waals surface area (Å²) in [6.45, 7) is 1.91. The third-order valence-corrected chi connectivity index (χ3v) is 4.27. The summed E-state index contributed by atoms with van der Waals surface area (Å²) in [6.07, 6.45) is 1.77. The minimum atomic E-state index is -1.18. The van der Waals surface area contributed by atoms with Gasteiger partial charge in [0.1, 0.15) is 12.0 Å². The third-order valence-electron chi connectivity index (χ3n) is 3.95. The number of imidazole rings is 1. The fraction of sp³-hybridized carbons (Fsp3) is 0.222. The number of Topliss-reactive ketones (excluding diaryl/α,β-unsaturated/α-hetero) is 1. The van der Waals surface area contributed by atoms with Gasteiger partial charge in [0.05, 0.1) is 12.8 Å². The zero-order chi connectivity index (χ0) is 19.6. The van der Waals surface area contributed by atoms with Crippen LogP contribution in [0, 0.1) is 0 Å². The van der Waals surface area contributed by atoms with Gasteiger partial charge in [-0.05, 0) is 18.6 Å². The fourth-order valence-electron chi connectivity index (χ4n) is 2.54. The molecule has 3 rings (SSSR count). The van der Waals surface area contributed by atoms with E-state index in [0.29, 0.717) is 34.1 Å². The van der Waals surface area contributed by atoms with Gasteiger partial charge in [-0.15, -0.1) is 0 Å². The van der Waals surface area contributed by atoms with Crippen LogP contribution in [0.5, 0.6) is 5.75 Å². The second-order valence-electron chi connectivity index (χ2n) is 5.68. The van der Waals surface area contributed by atoms with E-state index < -0.39 is 5.97 Å². The molecule has 27 heavy (non-hydrogen) atoms. The van der Waals surface area contributed by atoms with Crippen molar-refractivity contribution in [2.24, 2.45) is 0 Å². The van der Waals surface area contributed by atoms with Crippen molar-refractivity contribution in [2.45, 2.75) is 19.8 Å². The highest BCUT2D eigenvalue weighted by Gasteiger charge is 2.18. The Kier molecular flexibility index (Phi) is 5.27. The van der Waals surface area contributed by atoms with E-state index in [9.17, 15) is 9.59 Å². The molecule has 2 heterocycles. The van der Waals surface area contributed by atoms with Crippen molar-refractivity contribution in [1.29, 1.82) is 0 Å². The van der Waals surface area contributed by atoms with Crippen molar-refractivity contribution in [3.8, 4) is 17.2 Å². The number of aromatic amines is 1. The van der Waals surface area contributed by atoms with Crippen LogP contribution >= 0.6 is 11.6 Å². The van der Waals surface area contributed by atoms with Crippen molar-refractivity contribution < 1.29 is 23.8 Å². The first-order valence-electron chi connectivity index (χ1n) is 8.06. The van der Waals surface area contributed by atoms with E-state index in [1.165, 1.54) is 7.11 Å². The van der Waals surface area contributed by atoms with Gasteiger partial charge in [0.2, 0.25) is 11.7 Å². The number of nitrogens with zero attached hydrogens (tertiary/aromatic N) is 2. The van der Waals surface area contributed by atoms with E-state index >= 15 is 0 Å². The number of rotatable bonds is 7. The summed E-state index contributed by atoms with van der Waals surface area (Å²) in [7, 11) is 1.48. The summed E-state index contributed by atoms with van der Waals surface area (Å²) in [5, 5.41) is 9.23. The molecule has 0 saturated carbocycles. The summed E-state index contributed by atoms with van der Waals surface area (Å²) in [5.74, 6) is -0.616. The number of carboxylic acid groups (broad SMARTS) is 1. The molecule has 0 fully saturated rings. The Bertz CT molecular complexity index is 1010. The fourth-order valence-corrected chi connectivity index (χ4v) is 2.80. The number of carbonyl (C=O) groups is 2. The molecule has 0 spiro atoms. The van der Waals surface area contributed by atoms with Gasteiger partial charge in [-0.3, -0.25) is 4.79 Å². The van der Waals surface area contributed by atoms with E-state index in [1.807, 2.05) is 6.92 Å². The average molecular weight is 390 g/mol. The number of methoxy groups -OCH3 is 1. The first-order valence-corrected chi connectivity index (χ1v) is 8.44. The number of H-pyrrole nitrogens is 1. The number of carboxylic acids is 1. The summed E-state index contributed by atoms with van der Waals surface area (Å²) < 4.78 is 10.5. The molecule has 0 bridgehead atoms. The summed E-state index contributed by atoms with van der Waals surface area (Å²) >= 11 is 5.99. The van der Waals surface area contributed by atoms with Crippen LogP contribution in [0.3, 0.4) is 0 Å². The molecule has 9 heteroatoms. The van der Waals surface area contributed by atoms with Crippen LogP contribution < -0.4 is 4.74 Å². The van der Waals surface area contributed by atoms with Crippen LogP contribution in [0.15, 0.2) is 28.9 Å². The molecule has 140 valence electrons. The predicted molar refractivity (Wildman–Crippen MR) is 96.5 cm³/mol.